The van der Waals surface area contributed by atoms with Crippen molar-refractivity contribution in [1.82, 2.24) is 0 Å². The highest BCUT2D eigenvalue weighted by Gasteiger charge is 1.99. The third-order valence-electron chi connectivity index (χ3n) is 1.43. The summed E-state index contributed by atoms with van der Waals surface area (Å²) in [5, 5.41) is 0. The van der Waals surface area contributed by atoms with Gasteiger partial charge in [-0.25, -0.2) is 0 Å². The van der Waals surface area contributed by atoms with Gasteiger partial charge in [-0.05, 0) is 18.6 Å². The Balaban J connectivity index is 2.93. The van der Waals surface area contributed by atoms with Gasteiger partial charge in [0.25, 0.3) is 0 Å². The largest absolute Gasteiger partial charge is 0.699 e. The summed E-state index contributed by atoms with van der Waals surface area (Å²) in [6.45, 7) is 3.16. The molecule has 3 heteroatoms. The van der Waals surface area contributed by atoms with E-state index < -0.39 is 0 Å². The molecule has 0 saturated heterocycles. The molecule has 0 heterocycles. The van der Waals surface area contributed by atoms with E-state index in [1.54, 1.807) is 25.1 Å². The summed E-state index contributed by atoms with van der Waals surface area (Å²) in [4.78, 5) is 10.6. The number of esters is 1. The first-order chi connectivity index (χ1) is 5.59. The quantitative estimate of drug-likeness (QED) is 0.473. The van der Waals surface area contributed by atoms with Crippen LogP contribution >= 0.6 is 0 Å². The molecule has 64 valence electrons. The van der Waals surface area contributed by atoms with Crippen molar-refractivity contribution in [2.45, 2.75) is 13.8 Å². The molecule has 1 aromatic carbocycles. The summed E-state index contributed by atoms with van der Waals surface area (Å²) < 4.78 is 4.88. The van der Waals surface area contributed by atoms with Gasteiger partial charge in [0.15, 0.2) is 0 Å². The summed E-state index contributed by atoms with van der Waals surface area (Å²) in [5.41, 5.74) is 8.50. The zero-order valence-electron chi connectivity index (χ0n) is 7.05. The Morgan fingerprint density at radius 2 is 2.17 bits per heavy atom. The van der Waals surface area contributed by atoms with Crippen LogP contribution in [0.2, 0.25) is 0 Å². The number of carbonyl (C=O) groups is 1. The molecule has 0 amide bonds. The molecule has 12 heavy (non-hydrogen) atoms. The second-order valence-corrected chi connectivity index (χ2v) is 2.57. The topological polar surface area (TPSA) is 50.1 Å². The number of ether oxygens (including phenoxy) is 1. The first kappa shape index (κ1) is 8.59. The molecule has 1 aromatic rings. The normalized spacial score (nSPS) is 9.50. The van der Waals surface area contributed by atoms with Crippen molar-refractivity contribution in [3.8, 4) is 5.75 Å². The molecule has 3 nitrogen and oxygen atoms in total. The smallest absolute Gasteiger partial charge is 0.308 e. The van der Waals surface area contributed by atoms with Crippen LogP contribution in [-0.4, -0.2) is 5.97 Å². The SMILES string of the molecule is CC(=O)Oc1ccc([NH-])cc1C. The molecule has 0 aliphatic carbocycles. The molecule has 0 radical (unpaired) electrons. The van der Waals surface area contributed by atoms with Gasteiger partial charge in [0.1, 0.15) is 5.75 Å². The maximum absolute atomic E-state index is 10.6. The third kappa shape index (κ3) is 1.99. The van der Waals surface area contributed by atoms with E-state index in [0.29, 0.717) is 11.4 Å². The van der Waals surface area contributed by atoms with E-state index >= 15 is 0 Å². The lowest BCUT2D eigenvalue weighted by Crippen LogP contribution is -2.02. The zero-order valence-corrected chi connectivity index (χ0v) is 7.05. The molecule has 0 saturated carbocycles. The molecule has 0 unspecified atom stereocenters. The fraction of sp³-hybridized carbons (Fsp3) is 0.222. The minimum Gasteiger partial charge on any atom is -0.699 e. The Hall–Kier alpha value is -1.51. The van der Waals surface area contributed by atoms with Crippen LogP contribution in [0, 0.1) is 6.92 Å². The summed E-state index contributed by atoms with van der Waals surface area (Å²) in [6.07, 6.45) is 0. The molecular weight excluding hydrogens is 154 g/mol. The van der Waals surface area contributed by atoms with Gasteiger partial charge >= 0.3 is 5.97 Å². The Morgan fingerprint density at radius 3 is 2.67 bits per heavy atom. The lowest BCUT2D eigenvalue weighted by molar-refractivity contribution is -0.131. The van der Waals surface area contributed by atoms with Crippen LogP contribution in [0.25, 0.3) is 5.73 Å². The van der Waals surface area contributed by atoms with Gasteiger partial charge in [-0.2, -0.15) is 0 Å². The average molecular weight is 164 g/mol. The van der Waals surface area contributed by atoms with Gasteiger partial charge < -0.3 is 10.5 Å². The molecule has 0 aromatic heterocycles. The van der Waals surface area contributed by atoms with Crippen molar-refractivity contribution >= 4 is 11.7 Å². The molecule has 0 bridgehead atoms. The van der Waals surface area contributed by atoms with E-state index in [1.165, 1.54) is 6.92 Å². The van der Waals surface area contributed by atoms with Crippen LogP contribution in [0.1, 0.15) is 12.5 Å². The van der Waals surface area contributed by atoms with Crippen LogP contribution < -0.4 is 4.74 Å². The second kappa shape index (κ2) is 3.26. The first-order valence-electron chi connectivity index (χ1n) is 3.60. The average Bonchev–Trinajstić information content (AvgIpc) is 1.94. The number of hydrogen-bond acceptors (Lipinski definition) is 2. The van der Waals surface area contributed by atoms with Crippen LogP contribution in [0.4, 0.5) is 5.69 Å². The molecule has 0 aliphatic heterocycles. The van der Waals surface area contributed by atoms with E-state index in [9.17, 15) is 4.79 Å². The minimum absolute atomic E-state index is 0.337. The van der Waals surface area contributed by atoms with Gasteiger partial charge in [0.2, 0.25) is 0 Å². The minimum atomic E-state index is -0.337. The Kier molecular flexibility index (Phi) is 2.33. The monoisotopic (exact) mass is 164 g/mol. The van der Waals surface area contributed by atoms with Crippen molar-refractivity contribution in [2.24, 2.45) is 0 Å². The maximum atomic E-state index is 10.6. The van der Waals surface area contributed by atoms with Crippen LogP contribution in [-0.2, 0) is 4.79 Å². The molecular formula is C9H10NO2-. The van der Waals surface area contributed by atoms with Crippen molar-refractivity contribution in [1.29, 1.82) is 0 Å². The number of aryl methyl sites for hydroxylation is 1. The summed E-state index contributed by atoms with van der Waals surface area (Å²) >= 11 is 0. The van der Waals surface area contributed by atoms with E-state index in [4.69, 9.17) is 10.5 Å². The van der Waals surface area contributed by atoms with Gasteiger partial charge in [0.05, 0.1) is 0 Å². The van der Waals surface area contributed by atoms with Crippen molar-refractivity contribution < 1.29 is 9.53 Å². The van der Waals surface area contributed by atoms with Crippen LogP contribution in [0.3, 0.4) is 0 Å². The highest BCUT2D eigenvalue weighted by atomic mass is 16.5. The summed E-state index contributed by atoms with van der Waals surface area (Å²) in [6, 6.07) is 4.86. The van der Waals surface area contributed by atoms with Crippen LogP contribution in [0.15, 0.2) is 18.2 Å². The highest BCUT2D eigenvalue weighted by molar-refractivity contribution is 5.70. The molecule has 0 atom stereocenters. The lowest BCUT2D eigenvalue weighted by atomic mass is 10.2. The maximum Gasteiger partial charge on any atom is 0.308 e. The number of hydrogen-bond donors (Lipinski definition) is 0. The summed E-state index contributed by atoms with van der Waals surface area (Å²) in [5.74, 6) is 0.189. The fourth-order valence-corrected chi connectivity index (χ4v) is 0.919. The molecule has 1 rings (SSSR count). The number of nitrogens with one attached hydrogen (secondary N) is 1. The fourth-order valence-electron chi connectivity index (χ4n) is 0.919. The zero-order chi connectivity index (χ0) is 9.14. The number of benzene rings is 1. The van der Waals surface area contributed by atoms with Gasteiger partial charge in [-0.3, -0.25) is 4.79 Å². The number of carbonyl (C=O) groups excluding carboxylic acids is 1. The second-order valence-electron chi connectivity index (χ2n) is 2.57. The van der Waals surface area contributed by atoms with E-state index in [1.807, 2.05) is 0 Å². The molecule has 1 N–H and O–H groups in total. The Bertz CT molecular complexity index is 307. The Labute approximate surface area is 71.1 Å². The summed E-state index contributed by atoms with van der Waals surface area (Å²) in [7, 11) is 0. The molecule has 0 fully saturated rings. The van der Waals surface area contributed by atoms with Crippen LogP contribution in [0.5, 0.6) is 5.75 Å². The predicted octanol–water partition coefficient (Wildman–Crippen LogP) is 2.60. The van der Waals surface area contributed by atoms with Crippen molar-refractivity contribution in [3.63, 3.8) is 0 Å². The van der Waals surface area contributed by atoms with Crippen molar-refractivity contribution in [3.05, 3.63) is 29.5 Å². The van der Waals surface area contributed by atoms with E-state index in [-0.39, 0.29) is 5.97 Å². The molecule has 0 aliphatic rings. The Morgan fingerprint density at radius 1 is 1.50 bits per heavy atom. The van der Waals surface area contributed by atoms with Crippen molar-refractivity contribution in [2.75, 3.05) is 0 Å². The van der Waals surface area contributed by atoms with Gasteiger partial charge in [0, 0.05) is 6.92 Å². The van der Waals surface area contributed by atoms with Gasteiger partial charge in [-0.1, -0.05) is 12.1 Å². The van der Waals surface area contributed by atoms with E-state index in [2.05, 4.69) is 0 Å². The predicted molar refractivity (Wildman–Crippen MR) is 46.5 cm³/mol. The van der Waals surface area contributed by atoms with Gasteiger partial charge in [-0.15, -0.1) is 5.69 Å². The third-order valence-corrected chi connectivity index (χ3v) is 1.43. The molecule has 0 spiro atoms. The highest BCUT2D eigenvalue weighted by Crippen LogP contribution is 2.22. The lowest BCUT2D eigenvalue weighted by Gasteiger charge is -2.08. The number of rotatable bonds is 1. The standard InChI is InChI=1S/C9H10NO2/c1-6-5-8(10)3-4-9(6)12-7(2)11/h3-5,10H,1-2H3/q-1. The first-order valence-corrected chi connectivity index (χ1v) is 3.60. The van der Waals surface area contributed by atoms with E-state index in [0.717, 1.165) is 5.56 Å².